The van der Waals surface area contributed by atoms with Crippen molar-refractivity contribution >= 4 is 17.5 Å². The average Bonchev–Trinajstić information content (AvgIpc) is 3.02. The highest BCUT2D eigenvalue weighted by Gasteiger charge is 2.53. The monoisotopic (exact) mass is 472 g/mol. The van der Waals surface area contributed by atoms with E-state index < -0.39 is 76.0 Å². The molecule has 33 heavy (non-hydrogen) atoms. The van der Waals surface area contributed by atoms with Crippen molar-refractivity contribution in [3.8, 4) is 0 Å². The number of carbonyl (C=O) groups is 2. The minimum absolute atomic E-state index is 0.147. The Balaban J connectivity index is 1.60. The summed E-state index contributed by atoms with van der Waals surface area (Å²) in [6, 6.07) is 1.71. The maximum Gasteiger partial charge on any atom is 0.352 e. The smallest absolute Gasteiger partial charge is 0.352 e. The second-order valence-corrected chi connectivity index (χ2v) is 8.20. The predicted octanol–water partition coefficient (Wildman–Crippen LogP) is 4.10. The fraction of sp³-hybridized carbons (Fsp3) is 0.364. The van der Waals surface area contributed by atoms with Gasteiger partial charge in [-0.25, -0.2) is 17.6 Å². The highest BCUT2D eigenvalue weighted by Crippen LogP contribution is 2.41. The summed E-state index contributed by atoms with van der Waals surface area (Å²) in [5.41, 5.74) is -2.34. The number of nitrogens with zero attached hydrogens (tertiary/aromatic N) is 1. The lowest BCUT2D eigenvalue weighted by molar-refractivity contribution is -0.166. The van der Waals surface area contributed by atoms with Gasteiger partial charge in [0.15, 0.2) is 17.5 Å². The third-order valence-electron chi connectivity index (χ3n) is 6.02. The molecule has 0 aromatic heterocycles. The van der Waals surface area contributed by atoms with E-state index in [0.29, 0.717) is 37.1 Å². The highest BCUT2D eigenvalue weighted by molar-refractivity contribution is 6.04. The van der Waals surface area contributed by atoms with E-state index in [4.69, 9.17) is 0 Å². The number of anilines is 1. The Bertz CT molecular complexity index is 1090. The van der Waals surface area contributed by atoms with Crippen molar-refractivity contribution in [2.24, 2.45) is 0 Å². The third kappa shape index (κ3) is 4.17. The standard InChI is InChI=1S/C22H18F6N2O3/c23-16-4-1-10(20(32)29-11-6-17(24)19(26)18(25)7-11)5-15(16)22(27,28)21(33)30-12-2-3-13(30)9-14(31)8-12/h1,4-7,12-14,31H,2-3,8-9H2,(H,29,32)/t12-,13+,14-. The summed E-state index contributed by atoms with van der Waals surface area (Å²) in [4.78, 5) is 26.1. The van der Waals surface area contributed by atoms with Crippen molar-refractivity contribution in [3.63, 3.8) is 0 Å². The molecule has 0 saturated carbocycles. The lowest BCUT2D eigenvalue weighted by atomic mass is 9.96. The number of hydrogen-bond acceptors (Lipinski definition) is 3. The first-order valence-electron chi connectivity index (χ1n) is 10.1. The molecule has 2 heterocycles. The van der Waals surface area contributed by atoms with E-state index in [1.54, 1.807) is 0 Å². The van der Waals surface area contributed by atoms with Gasteiger partial charge in [-0.05, 0) is 43.9 Å². The number of nitrogens with one attached hydrogen (secondary N) is 1. The SMILES string of the molecule is O=C(Nc1cc(F)c(F)c(F)c1)c1ccc(F)c(C(F)(F)C(=O)N2[C@@H]3CC[C@H]2C[C@H](O)C3)c1. The van der Waals surface area contributed by atoms with Crippen molar-refractivity contribution in [3.05, 3.63) is 64.7 Å². The van der Waals surface area contributed by atoms with Gasteiger partial charge in [0.2, 0.25) is 0 Å². The van der Waals surface area contributed by atoms with Gasteiger partial charge in [-0.2, -0.15) is 8.78 Å². The van der Waals surface area contributed by atoms with E-state index in [-0.39, 0.29) is 12.8 Å². The van der Waals surface area contributed by atoms with Crippen molar-refractivity contribution in [1.82, 2.24) is 4.90 Å². The van der Waals surface area contributed by atoms with Gasteiger partial charge in [-0.3, -0.25) is 9.59 Å². The normalized spacial score (nSPS) is 22.4. The zero-order valence-corrected chi connectivity index (χ0v) is 16.9. The van der Waals surface area contributed by atoms with Crippen LogP contribution >= 0.6 is 0 Å². The Morgan fingerprint density at radius 2 is 1.52 bits per heavy atom. The number of rotatable bonds is 4. The maximum absolute atomic E-state index is 15.1. The molecule has 2 aromatic carbocycles. The van der Waals surface area contributed by atoms with Crippen molar-refractivity contribution < 1.29 is 41.0 Å². The lowest BCUT2D eigenvalue weighted by Gasteiger charge is -2.39. The van der Waals surface area contributed by atoms with E-state index in [1.807, 2.05) is 5.32 Å². The van der Waals surface area contributed by atoms with Gasteiger partial charge in [0.05, 0.1) is 11.7 Å². The quantitative estimate of drug-likeness (QED) is 0.520. The largest absolute Gasteiger partial charge is 0.393 e. The molecule has 0 radical (unpaired) electrons. The number of alkyl halides is 2. The number of amides is 2. The van der Waals surface area contributed by atoms with Gasteiger partial charge < -0.3 is 15.3 Å². The van der Waals surface area contributed by atoms with Crippen LogP contribution in [-0.2, 0) is 10.7 Å². The molecule has 2 aliphatic rings. The van der Waals surface area contributed by atoms with E-state index in [9.17, 15) is 32.3 Å². The number of fused-ring (bicyclic) bond motifs is 2. The molecule has 0 unspecified atom stereocenters. The molecule has 2 amide bonds. The number of aliphatic hydroxyl groups is 1. The number of hydrogen-bond donors (Lipinski definition) is 2. The van der Waals surface area contributed by atoms with Gasteiger partial charge in [-0.1, -0.05) is 0 Å². The van der Waals surface area contributed by atoms with Crippen LogP contribution in [0.4, 0.5) is 32.0 Å². The molecule has 2 fully saturated rings. The Morgan fingerprint density at radius 3 is 2.09 bits per heavy atom. The minimum atomic E-state index is -4.31. The number of benzene rings is 2. The first-order valence-corrected chi connectivity index (χ1v) is 10.1. The molecular weight excluding hydrogens is 454 g/mol. The third-order valence-corrected chi connectivity index (χ3v) is 6.02. The Labute approximate surface area is 184 Å². The van der Waals surface area contributed by atoms with Crippen LogP contribution in [0.15, 0.2) is 30.3 Å². The molecule has 2 aliphatic heterocycles. The van der Waals surface area contributed by atoms with Crippen molar-refractivity contribution in [2.75, 3.05) is 5.32 Å². The first kappa shape index (κ1) is 23.1. The molecule has 5 nitrogen and oxygen atoms in total. The predicted molar refractivity (Wildman–Crippen MR) is 103 cm³/mol. The summed E-state index contributed by atoms with van der Waals surface area (Å²) in [6.45, 7) is 0. The number of aliphatic hydroxyl groups excluding tert-OH is 1. The van der Waals surface area contributed by atoms with Crippen molar-refractivity contribution in [2.45, 2.75) is 49.8 Å². The molecule has 0 aliphatic carbocycles. The molecule has 4 rings (SSSR count). The summed E-state index contributed by atoms with van der Waals surface area (Å²) in [6.07, 6.45) is 0.478. The molecule has 11 heteroatoms. The number of piperidine rings is 1. The molecule has 176 valence electrons. The zero-order valence-electron chi connectivity index (χ0n) is 16.9. The fourth-order valence-electron chi connectivity index (χ4n) is 4.50. The molecule has 0 spiro atoms. The first-order chi connectivity index (χ1) is 15.5. The van der Waals surface area contributed by atoms with Crippen LogP contribution in [0.25, 0.3) is 0 Å². The van der Waals surface area contributed by atoms with Gasteiger partial charge in [0.25, 0.3) is 11.8 Å². The fourth-order valence-corrected chi connectivity index (χ4v) is 4.50. The minimum Gasteiger partial charge on any atom is -0.393 e. The summed E-state index contributed by atoms with van der Waals surface area (Å²) >= 11 is 0. The Kier molecular flexibility index (Phi) is 5.85. The molecular formula is C22H18F6N2O3. The Morgan fingerprint density at radius 1 is 0.939 bits per heavy atom. The van der Waals surface area contributed by atoms with Gasteiger partial charge in [0.1, 0.15) is 5.82 Å². The van der Waals surface area contributed by atoms with E-state index in [2.05, 4.69) is 0 Å². The van der Waals surface area contributed by atoms with Crippen LogP contribution in [0.1, 0.15) is 41.6 Å². The molecule has 2 saturated heterocycles. The molecule has 3 atom stereocenters. The van der Waals surface area contributed by atoms with Gasteiger partial charge in [-0.15, -0.1) is 0 Å². The van der Waals surface area contributed by atoms with Crippen LogP contribution in [0.2, 0.25) is 0 Å². The lowest BCUT2D eigenvalue weighted by Crippen LogP contribution is -2.53. The topological polar surface area (TPSA) is 69.6 Å². The van der Waals surface area contributed by atoms with Crippen LogP contribution in [0.5, 0.6) is 0 Å². The Hall–Kier alpha value is -3.08. The second-order valence-electron chi connectivity index (χ2n) is 8.20. The molecule has 2 aromatic rings. The summed E-state index contributed by atoms with van der Waals surface area (Å²) in [5.74, 6) is -13.4. The average molecular weight is 472 g/mol. The number of carbonyl (C=O) groups excluding carboxylic acids is 2. The molecule has 2 N–H and O–H groups in total. The summed E-state index contributed by atoms with van der Waals surface area (Å²) in [5, 5.41) is 11.8. The summed E-state index contributed by atoms with van der Waals surface area (Å²) < 4.78 is 84.4. The van der Waals surface area contributed by atoms with Crippen LogP contribution in [0.3, 0.4) is 0 Å². The van der Waals surface area contributed by atoms with Crippen LogP contribution in [0, 0.1) is 23.3 Å². The maximum atomic E-state index is 15.1. The van der Waals surface area contributed by atoms with Crippen LogP contribution in [-0.4, -0.2) is 40.0 Å². The van der Waals surface area contributed by atoms with Crippen molar-refractivity contribution in [1.29, 1.82) is 0 Å². The summed E-state index contributed by atoms with van der Waals surface area (Å²) in [7, 11) is 0. The van der Waals surface area contributed by atoms with Gasteiger partial charge in [0, 0.05) is 35.5 Å². The molecule has 2 bridgehead atoms. The highest BCUT2D eigenvalue weighted by atomic mass is 19.3. The zero-order chi connectivity index (χ0) is 24.1. The van der Waals surface area contributed by atoms with E-state index in [1.165, 1.54) is 0 Å². The van der Waals surface area contributed by atoms with E-state index in [0.717, 1.165) is 11.0 Å². The van der Waals surface area contributed by atoms with E-state index >= 15 is 8.78 Å². The van der Waals surface area contributed by atoms with Gasteiger partial charge >= 0.3 is 5.92 Å². The van der Waals surface area contributed by atoms with Crippen LogP contribution < -0.4 is 5.32 Å². The number of halogens is 6. The second kappa shape index (κ2) is 8.36.